The van der Waals surface area contributed by atoms with Crippen molar-refractivity contribution >= 4 is 22.8 Å². The van der Waals surface area contributed by atoms with Gasteiger partial charge in [-0.1, -0.05) is 13.0 Å². The highest BCUT2D eigenvalue weighted by Crippen LogP contribution is 2.20. The fraction of sp³-hybridized carbons (Fsp3) is 0.267. The second kappa shape index (κ2) is 5.18. The molecule has 3 aromatic rings. The van der Waals surface area contributed by atoms with E-state index in [0.29, 0.717) is 16.9 Å². The topological polar surface area (TPSA) is 92.9 Å². The van der Waals surface area contributed by atoms with Gasteiger partial charge in [0, 0.05) is 18.3 Å². The summed E-state index contributed by atoms with van der Waals surface area (Å²) in [7, 11) is 1.60. The van der Waals surface area contributed by atoms with Crippen LogP contribution in [-0.2, 0) is 13.5 Å². The number of carbonyl (C=O) groups excluding carboxylic acids is 1. The van der Waals surface area contributed by atoms with Gasteiger partial charge in [-0.05, 0) is 25.5 Å². The second-order valence-electron chi connectivity index (χ2n) is 5.06. The smallest absolute Gasteiger partial charge is 0.407 e. The van der Waals surface area contributed by atoms with E-state index in [-0.39, 0.29) is 11.5 Å². The van der Waals surface area contributed by atoms with E-state index in [1.54, 1.807) is 25.2 Å². The van der Waals surface area contributed by atoms with Gasteiger partial charge in [-0.15, -0.1) is 0 Å². The first-order valence-corrected chi connectivity index (χ1v) is 6.96. The summed E-state index contributed by atoms with van der Waals surface area (Å²) in [6, 6.07) is 5.05. The van der Waals surface area contributed by atoms with Gasteiger partial charge in [0.05, 0.1) is 11.1 Å². The lowest BCUT2D eigenvalue weighted by Gasteiger charge is -2.04. The first-order valence-electron chi connectivity index (χ1n) is 6.96. The van der Waals surface area contributed by atoms with E-state index < -0.39 is 5.76 Å². The Hall–Kier alpha value is -2.83. The first kappa shape index (κ1) is 14.1. The number of nitrogens with one attached hydrogen (secondary N) is 2. The molecule has 0 bridgehead atoms. The molecule has 114 valence electrons. The maximum Gasteiger partial charge on any atom is 0.419 e. The van der Waals surface area contributed by atoms with Crippen molar-refractivity contribution in [2.24, 2.45) is 7.05 Å². The highest BCUT2D eigenvalue weighted by atomic mass is 16.4. The number of carbonyl (C=O) groups is 1. The molecule has 0 saturated carbocycles. The van der Waals surface area contributed by atoms with Gasteiger partial charge < -0.3 is 9.73 Å². The van der Waals surface area contributed by atoms with Crippen molar-refractivity contribution in [3.63, 3.8) is 0 Å². The molecule has 0 spiro atoms. The minimum Gasteiger partial charge on any atom is -0.407 e. The van der Waals surface area contributed by atoms with Gasteiger partial charge in [0.15, 0.2) is 11.4 Å². The van der Waals surface area contributed by atoms with E-state index in [2.05, 4.69) is 15.5 Å². The number of H-pyrrole nitrogens is 1. The van der Waals surface area contributed by atoms with Gasteiger partial charge in [-0.3, -0.25) is 14.5 Å². The number of fused-ring (bicyclic) bond motifs is 1. The van der Waals surface area contributed by atoms with E-state index in [4.69, 9.17) is 4.42 Å². The van der Waals surface area contributed by atoms with E-state index in [1.165, 1.54) is 4.57 Å². The van der Waals surface area contributed by atoms with Gasteiger partial charge in [0.25, 0.3) is 5.91 Å². The van der Waals surface area contributed by atoms with Gasteiger partial charge in [-0.2, -0.15) is 5.10 Å². The Morgan fingerprint density at radius 3 is 2.91 bits per heavy atom. The van der Waals surface area contributed by atoms with Crippen molar-refractivity contribution in [1.82, 2.24) is 14.8 Å². The fourth-order valence-corrected chi connectivity index (χ4v) is 2.40. The molecule has 2 aromatic heterocycles. The SMILES string of the molecule is CCc1[nH]nc(NC(=O)c2cccc3c2oc(=O)n3C)c1C. The largest absolute Gasteiger partial charge is 0.419 e. The summed E-state index contributed by atoms with van der Waals surface area (Å²) in [5.74, 6) is -0.381. The summed E-state index contributed by atoms with van der Waals surface area (Å²) >= 11 is 0. The van der Waals surface area contributed by atoms with Crippen molar-refractivity contribution in [2.75, 3.05) is 5.32 Å². The molecule has 3 rings (SSSR count). The molecular weight excluding hydrogens is 284 g/mol. The average molecular weight is 300 g/mol. The molecule has 1 amide bonds. The number of nitrogens with zero attached hydrogens (tertiary/aromatic N) is 2. The second-order valence-corrected chi connectivity index (χ2v) is 5.06. The van der Waals surface area contributed by atoms with Crippen molar-refractivity contribution in [3.8, 4) is 0 Å². The van der Waals surface area contributed by atoms with Crippen molar-refractivity contribution < 1.29 is 9.21 Å². The fourth-order valence-electron chi connectivity index (χ4n) is 2.40. The van der Waals surface area contributed by atoms with Gasteiger partial charge in [0.1, 0.15) is 0 Å². The Labute approximate surface area is 125 Å². The van der Waals surface area contributed by atoms with Crippen LogP contribution < -0.4 is 11.1 Å². The Balaban J connectivity index is 2.00. The molecule has 0 aliphatic rings. The number of hydrogen-bond donors (Lipinski definition) is 2. The summed E-state index contributed by atoms with van der Waals surface area (Å²) in [4.78, 5) is 24.1. The highest BCUT2D eigenvalue weighted by molar-refractivity contribution is 6.10. The van der Waals surface area contributed by atoms with Crippen LogP contribution in [0.15, 0.2) is 27.4 Å². The van der Waals surface area contributed by atoms with Crippen LogP contribution in [0.5, 0.6) is 0 Å². The normalized spacial score (nSPS) is 11.0. The van der Waals surface area contributed by atoms with Crippen LogP contribution in [0.1, 0.15) is 28.5 Å². The van der Waals surface area contributed by atoms with Crippen molar-refractivity contribution in [2.45, 2.75) is 20.3 Å². The molecule has 0 unspecified atom stereocenters. The summed E-state index contributed by atoms with van der Waals surface area (Å²) in [5, 5.41) is 9.74. The maximum atomic E-state index is 12.5. The van der Waals surface area contributed by atoms with E-state index in [0.717, 1.165) is 17.7 Å². The summed E-state index contributed by atoms with van der Waals surface area (Å²) in [6.07, 6.45) is 0.803. The molecule has 0 atom stereocenters. The zero-order chi connectivity index (χ0) is 15.9. The minimum absolute atomic E-state index is 0.274. The molecule has 1 aromatic carbocycles. The summed E-state index contributed by atoms with van der Waals surface area (Å²) in [5.41, 5.74) is 3.02. The standard InChI is InChI=1S/C15H16N4O3/c1-4-10-8(2)13(18-17-10)16-14(20)9-6-5-7-11-12(9)22-15(21)19(11)3/h5-7H,4H2,1-3H3,(H2,16,17,18,20). The number of aromatic amines is 1. The number of aromatic nitrogens is 3. The quantitative estimate of drug-likeness (QED) is 0.773. The summed E-state index contributed by atoms with van der Waals surface area (Å²) in [6.45, 7) is 3.90. The lowest BCUT2D eigenvalue weighted by molar-refractivity contribution is 0.102. The van der Waals surface area contributed by atoms with Crippen LogP contribution in [0.4, 0.5) is 5.82 Å². The third kappa shape index (κ3) is 2.11. The van der Waals surface area contributed by atoms with Gasteiger partial charge in [-0.25, -0.2) is 4.79 Å². The Bertz CT molecular complexity index is 917. The molecule has 0 fully saturated rings. The van der Waals surface area contributed by atoms with Crippen LogP contribution in [0.25, 0.3) is 11.1 Å². The Kier molecular flexibility index (Phi) is 3.32. The number of rotatable bonds is 3. The minimum atomic E-state index is -0.500. The number of oxazole rings is 1. The first-order chi connectivity index (χ1) is 10.5. The number of anilines is 1. The number of para-hydroxylation sites is 1. The number of benzene rings is 1. The molecule has 0 radical (unpaired) electrons. The van der Waals surface area contributed by atoms with Gasteiger partial charge >= 0.3 is 5.76 Å². The van der Waals surface area contributed by atoms with Crippen LogP contribution in [0.3, 0.4) is 0 Å². The molecule has 0 saturated heterocycles. The molecule has 7 nitrogen and oxygen atoms in total. The molecule has 2 heterocycles. The van der Waals surface area contributed by atoms with Crippen LogP contribution in [0.2, 0.25) is 0 Å². The van der Waals surface area contributed by atoms with E-state index >= 15 is 0 Å². The van der Waals surface area contributed by atoms with E-state index in [9.17, 15) is 9.59 Å². The van der Waals surface area contributed by atoms with Gasteiger partial charge in [0.2, 0.25) is 0 Å². The number of hydrogen-bond acceptors (Lipinski definition) is 4. The predicted octanol–water partition coefficient (Wildman–Crippen LogP) is 1.98. The van der Waals surface area contributed by atoms with Crippen molar-refractivity contribution in [1.29, 1.82) is 0 Å². The van der Waals surface area contributed by atoms with Crippen LogP contribution >= 0.6 is 0 Å². The monoisotopic (exact) mass is 300 g/mol. The predicted molar refractivity (Wildman–Crippen MR) is 82.1 cm³/mol. The molecule has 2 N–H and O–H groups in total. The van der Waals surface area contributed by atoms with Crippen LogP contribution in [0, 0.1) is 6.92 Å². The molecule has 0 aliphatic heterocycles. The average Bonchev–Trinajstić information content (AvgIpc) is 3.00. The molecule has 22 heavy (non-hydrogen) atoms. The zero-order valence-corrected chi connectivity index (χ0v) is 12.6. The Morgan fingerprint density at radius 2 is 2.23 bits per heavy atom. The van der Waals surface area contributed by atoms with Crippen LogP contribution in [-0.4, -0.2) is 20.7 Å². The summed E-state index contributed by atoms with van der Waals surface area (Å²) < 4.78 is 6.53. The lowest BCUT2D eigenvalue weighted by Crippen LogP contribution is -2.13. The molecule has 7 heteroatoms. The number of aryl methyl sites for hydroxylation is 2. The van der Waals surface area contributed by atoms with Crippen molar-refractivity contribution in [3.05, 3.63) is 45.6 Å². The molecular formula is C15H16N4O3. The number of amides is 1. The van der Waals surface area contributed by atoms with E-state index in [1.807, 2.05) is 13.8 Å². The molecule has 0 aliphatic carbocycles. The maximum absolute atomic E-state index is 12.5. The lowest BCUT2D eigenvalue weighted by atomic mass is 10.1. The zero-order valence-electron chi connectivity index (χ0n) is 12.6. The third-order valence-electron chi connectivity index (χ3n) is 3.76. The third-order valence-corrected chi connectivity index (χ3v) is 3.76. The Morgan fingerprint density at radius 1 is 1.45 bits per heavy atom. The highest BCUT2D eigenvalue weighted by Gasteiger charge is 2.18.